The van der Waals surface area contributed by atoms with Gasteiger partial charge in [-0.25, -0.2) is 0 Å². The third-order valence-electron chi connectivity index (χ3n) is 3.38. The van der Waals surface area contributed by atoms with Gasteiger partial charge in [0, 0.05) is 24.8 Å². The Morgan fingerprint density at radius 2 is 1.94 bits per heavy atom. The second kappa shape index (κ2) is 6.22. The lowest BCUT2D eigenvalue weighted by Gasteiger charge is -2.39. The summed E-state index contributed by atoms with van der Waals surface area (Å²) in [6, 6.07) is 0.363. The summed E-state index contributed by atoms with van der Waals surface area (Å²) in [5.41, 5.74) is 8.00. The molecule has 3 atom stereocenters. The molecule has 0 aliphatic carbocycles. The van der Waals surface area contributed by atoms with Crippen LogP contribution >= 0.6 is 0 Å². The van der Waals surface area contributed by atoms with Gasteiger partial charge in [-0.3, -0.25) is 4.90 Å². The van der Waals surface area contributed by atoms with Gasteiger partial charge in [0.15, 0.2) is 0 Å². The molecule has 1 saturated heterocycles. The van der Waals surface area contributed by atoms with Crippen molar-refractivity contribution in [3.8, 4) is 0 Å². The Hall–Kier alpha value is -0.800. The van der Waals surface area contributed by atoms with Gasteiger partial charge in [0.2, 0.25) is 0 Å². The summed E-state index contributed by atoms with van der Waals surface area (Å²) in [6.45, 7) is 14.2. The zero-order chi connectivity index (χ0) is 13.0. The Labute approximate surface area is 105 Å². The standard InChI is InChI=1S/C14H26N2O/c1-6-14(7-10(2)13(5)15)16-8-11(3)17-12(4)9-16/h6,11-12,14H,1,7-9,15H2,2-5H3/b13-10+. The van der Waals surface area contributed by atoms with Crippen molar-refractivity contribution in [3.63, 3.8) is 0 Å². The fourth-order valence-corrected chi connectivity index (χ4v) is 2.32. The van der Waals surface area contributed by atoms with E-state index in [1.54, 1.807) is 0 Å². The molecule has 2 N–H and O–H groups in total. The molecule has 1 fully saturated rings. The van der Waals surface area contributed by atoms with E-state index in [-0.39, 0.29) is 0 Å². The highest BCUT2D eigenvalue weighted by Crippen LogP contribution is 2.19. The number of hydrogen-bond donors (Lipinski definition) is 1. The van der Waals surface area contributed by atoms with Crippen molar-refractivity contribution in [2.45, 2.75) is 52.4 Å². The highest BCUT2D eigenvalue weighted by Gasteiger charge is 2.26. The average Bonchev–Trinajstić information content (AvgIpc) is 2.23. The molecule has 0 aromatic carbocycles. The highest BCUT2D eigenvalue weighted by molar-refractivity contribution is 5.10. The van der Waals surface area contributed by atoms with Crippen molar-refractivity contribution in [2.75, 3.05) is 13.1 Å². The van der Waals surface area contributed by atoms with Crippen LogP contribution in [0.15, 0.2) is 23.9 Å². The molecule has 3 nitrogen and oxygen atoms in total. The molecule has 0 amide bonds. The molecule has 17 heavy (non-hydrogen) atoms. The van der Waals surface area contributed by atoms with Crippen molar-refractivity contribution in [1.82, 2.24) is 4.90 Å². The SMILES string of the molecule is C=CC(C/C(C)=C(\C)N)N1CC(C)OC(C)C1. The van der Waals surface area contributed by atoms with E-state index in [1.165, 1.54) is 5.57 Å². The second-order valence-corrected chi connectivity index (χ2v) is 5.18. The molecular weight excluding hydrogens is 212 g/mol. The Balaban J connectivity index is 2.67. The Kier molecular flexibility index (Phi) is 5.22. The molecule has 3 heteroatoms. The number of hydrogen-bond acceptors (Lipinski definition) is 3. The van der Waals surface area contributed by atoms with Gasteiger partial charge in [0.25, 0.3) is 0 Å². The molecule has 0 spiro atoms. The van der Waals surface area contributed by atoms with E-state index < -0.39 is 0 Å². The summed E-state index contributed by atoms with van der Waals surface area (Å²) in [4.78, 5) is 2.44. The summed E-state index contributed by atoms with van der Waals surface area (Å²) in [5.74, 6) is 0. The minimum atomic E-state index is 0.296. The maximum atomic E-state index is 5.83. The molecule has 0 radical (unpaired) electrons. The molecule has 0 aromatic rings. The fraction of sp³-hybridized carbons (Fsp3) is 0.714. The number of ether oxygens (including phenoxy) is 1. The monoisotopic (exact) mass is 238 g/mol. The van der Waals surface area contributed by atoms with Gasteiger partial charge in [-0.05, 0) is 34.1 Å². The predicted octanol–water partition coefficient (Wildman–Crippen LogP) is 2.29. The van der Waals surface area contributed by atoms with Crippen molar-refractivity contribution >= 4 is 0 Å². The van der Waals surface area contributed by atoms with Crippen LogP contribution in [0.4, 0.5) is 0 Å². The van der Waals surface area contributed by atoms with Crippen molar-refractivity contribution < 1.29 is 4.74 Å². The molecule has 1 aliphatic rings. The smallest absolute Gasteiger partial charge is 0.0678 e. The second-order valence-electron chi connectivity index (χ2n) is 5.18. The molecule has 1 aliphatic heterocycles. The molecule has 1 heterocycles. The zero-order valence-corrected chi connectivity index (χ0v) is 11.6. The maximum absolute atomic E-state index is 5.83. The summed E-state index contributed by atoms with van der Waals surface area (Å²) in [7, 11) is 0. The number of morpholine rings is 1. The zero-order valence-electron chi connectivity index (χ0n) is 11.6. The highest BCUT2D eigenvalue weighted by atomic mass is 16.5. The van der Waals surface area contributed by atoms with Crippen LogP contribution in [0.25, 0.3) is 0 Å². The van der Waals surface area contributed by atoms with E-state index >= 15 is 0 Å². The lowest BCUT2D eigenvalue weighted by molar-refractivity contribution is -0.0752. The summed E-state index contributed by atoms with van der Waals surface area (Å²) < 4.78 is 5.75. The van der Waals surface area contributed by atoms with Crippen LogP contribution < -0.4 is 5.73 Å². The van der Waals surface area contributed by atoms with Gasteiger partial charge in [0.05, 0.1) is 12.2 Å². The van der Waals surface area contributed by atoms with Crippen LogP contribution in [-0.2, 0) is 4.74 Å². The third-order valence-corrected chi connectivity index (χ3v) is 3.38. The van der Waals surface area contributed by atoms with E-state index in [4.69, 9.17) is 10.5 Å². The first-order chi connectivity index (χ1) is 7.93. The fourth-order valence-electron chi connectivity index (χ4n) is 2.32. The maximum Gasteiger partial charge on any atom is 0.0678 e. The van der Waals surface area contributed by atoms with Gasteiger partial charge in [0.1, 0.15) is 0 Å². The van der Waals surface area contributed by atoms with Crippen LogP contribution in [0.5, 0.6) is 0 Å². The summed E-state index contributed by atoms with van der Waals surface area (Å²) in [6.07, 6.45) is 3.58. The molecule has 3 unspecified atom stereocenters. The average molecular weight is 238 g/mol. The van der Waals surface area contributed by atoms with Gasteiger partial charge >= 0.3 is 0 Å². The Bertz CT molecular complexity index is 285. The molecular formula is C14H26N2O. The number of allylic oxidation sites excluding steroid dienone is 1. The van der Waals surface area contributed by atoms with Crippen LogP contribution in [0.1, 0.15) is 34.1 Å². The number of rotatable bonds is 4. The molecule has 0 bridgehead atoms. The van der Waals surface area contributed by atoms with Gasteiger partial charge in [-0.2, -0.15) is 0 Å². The van der Waals surface area contributed by atoms with E-state index in [2.05, 4.69) is 32.3 Å². The van der Waals surface area contributed by atoms with Gasteiger partial charge < -0.3 is 10.5 Å². The van der Waals surface area contributed by atoms with E-state index in [9.17, 15) is 0 Å². The summed E-state index contributed by atoms with van der Waals surface area (Å²) >= 11 is 0. The van der Waals surface area contributed by atoms with E-state index in [1.807, 2.05) is 13.0 Å². The van der Waals surface area contributed by atoms with Crippen molar-refractivity contribution in [3.05, 3.63) is 23.9 Å². The molecule has 98 valence electrons. The number of nitrogens with zero attached hydrogens (tertiary/aromatic N) is 1. The lowest BCUT2D eigenvalue weighted by Crippen LogP contribution is -2.49. The quantitative estimate of drug-likeness (QED) is 0.764. The molecule has 1 rings (SSSR count). The van der Waals surface area contributed by atoms with E-state index in [0.29, 0.717) is 18.2 Å². The van der Waals surface area contributed by atoms with Crippen LogP contribution in [0.2, 0.25) is 0 Å². The first-order valence-electron chi connectivity index (χ1n) is 6.38. The first-order valence-corrected chi connectivity index (χ1v) is 6.38. The van der Waals surface area contributed by atoms with Crippen molar-refractivity contribution in [2.24, 2.45) is 5.73 Å². The largest absolute Gasteiger partial charge is 0.402 e. The van der Waals surface area contributed by atoms with Gasteiger partial charge in [-0.15, -0.1) is 6.58 Å². The van der Waals surface area contributed by atoms with E-state index in [0.717, 1.165) is 25.2 Å². The normalized spacial score (nSPS) is 29.6. The first kappa shape index (κ1) is 14.3. The van der Waals surface area contributed by atoms with Gasteiger partial charge in [-0.1, -0.05) is 11.6 Å². The van der Waals surface area contributed by atoms with Crippen LogP contribution in [-0.4, -0.2) is 36.2 Å². The predicted molar refractivity (Wildman–Crippen MR) is 72.7 cm³/mol. The topological polar surface area (TPSA) is 38.5 Å². The molecule has 0 saturated carbocycles. The minimum Gasteiger partial charge on any atom is -0.402 e. The number of nitrogens with two attached hydrogens (primary N) is 1. The minimum absolute atomic E-state index is 0.296. The van der Waals surface area contributed by atoms with Crippen molar-refractivity contribution in [1.29, 1.82) is 0 Å². The Morgan fingerprint density at radius 1 is 1.41 bits per heavy atom. The Morgan fingerprint density at radius 3 is 2.35 bits per heavy atom. The summed E-state index contributed by atoms with van der Waals surface area (Å²) in [5, 5.41) is 0. The molecule has 0 aromatic heterocycles. The third kappa shape index (κ3) is 4.17. The van der Waals surface area contributed by atoms with Crippen LogP contribution in [0.3, 0.4) is 0 Å². The van der Waals surface area contributed by atoms with Crippen LogP contribution in [0, 0.1) is 0 Å². The lowest BCUT2D eigenvalue weighted by atomic mass is 10.0.